The fourth-order valence-electron chi connectivity index (χ4n) is 1.55. The van der Waals surface area contributed by atoms with Crippen molar-refractivity contribution in [1.82, 2.24) is 0 Å². The molecule has 1 fully saturated rings. The number of rotatable bonds is 1. The molecule has 11 heavy (non-hydrogen) atoms. The number of aryl methyl sites for hydroxylation is 1. The van der Waals surface area contributed by atoms with Crippen LogP contribution < -0.4 is 5.46 Å². The van der Waals surface area contributed by atoms with Gasteiger partial charge in [-0.15, -0.1) is 0 Å². The second-order valence-corrected chi connectivity index (χ2v) is 3.39. The van der Waals surface area contributed by atoms with Crippen LogP contribution in [0.25, 0.3) is 0 Å². The Bertz CT molecular complexity index is 274. The lowest BCUT2D eigenvalue weighted by Crippen LogP contribution is -2.03. The Hall–Kier alpha value is -0.715. The third-order valence-electron chi connectivity index (χ3n) is 2.31. The van der Waals surface area contributed by atoms with E-state index in [1.165, 1.54) is 24.0 Å². The van der Waals surface area contributed by atoms with Crippen molar-refractivity contribution in [3.63, 3.8) is 0 Å². The number of benzene rings is 1. The van der Waals surface area contributed by atoms with E-state index >= 15 is 0 Å². The minimum Gasteiger partial charge on any atom is -0.0964 e. The molecule has 0 N–H and O–H groups in total. The van der Waals surface area contributed by atoms with E-state index in [1.807, 2.05) is 6.07 Å². The molecule has 1 aromatic rings. The first kappa shape index (κ1) is 6.96. The molecule has 1 heteroatoms. The highest BCUT2D eigenvalue weighted by atomic mass is 14.3. The molecule has 0 bridgehead atoms. The lowest BCUT2D eigenvalue weighted by molar-refractivity contribution is 1.10. The fraction of sp³-hybridized carbons (Fsp3) is 0.400. The van der Waals surface area contributed by atoms with Gasteiger partial charge in [-0.3, -0.25) is 0 Å². The van der Waals surface area contributed by atoms with E-state index in [-0.39, 0.29) is 0 Å². The van der Waals surface area contributed by atoms with Crippen molar-refractivity contribution in [3.8, 4) is 0 Å². The zero-order valence-corrected chi connectivity index (χ0v) is 6.80. The summed E-state index contributed by atoms with van der Waals surface area (Å²) in [5, 5.41) is 0. The molecule has 2 rings (SSSR count). The third-order valence-corrected chi connectivity index (χ3v) is 2.31. The summed E-state index contributed by atoms with van der Waals surface area (Å²) >= 11 is 0. The van der Waals surface area contributed by atoms with Gasteiger partial charge in [0, 0.05) is 0 Å². The molecule has 0 atom stereocenters. The van der Waals surface area contributed by atoms with Crippen molar-refractivity contribution >= 4 is 13.3 Å². The molecule has 0 saturated heterocycles. The summed E-state index contributed by atoms with van der Waals surface area (Å²) in [7, 11) is 5.65. The Morgan fingerprint density at radius 2 is 2.09 bits per heavy atom. The van der Waals surface area contributed by atoms with Gasteiger partial charge in [0.2, 0.25) is 0 Å². The van der Waals surface area contributed by atoms with Crippen molar-refractivity contribution < 1.29 is 0 Å². The summed E-state index contributed by atoms with van der Waals surface area (Å²) in [6, 6.07) is 6.23. The molecule has 2 radical (unpaired) electrons. The first-order valence-corrected chi connectivity index (χ1v) is 4.13. The van der Waals surface area contributed by atoms with Crippen LogP contribution in [-0.4, -0.2) is 7.85 Å². The van der Waals surface area contributed by atoms with Gasteiger partial charge in [0.25, 0.3) is 0 Å². The van der Waals surface area contributed by atoms with Gasteiger partial charge in [-0.05, 0) is 36.8 Å². The summed E-state index contributed by atoms with van der Waals surface area (Å²) in [5.41, 5.74) is 3.73. The van der Waals surface area contributed by atoms with Crippen LogP contribution in [0.5, 0.6) is 0 Å². The van der Waals surface area contributed by atoms with Gasteiger partial charge in [0.15, 0.2) is 0 Å². The van der Waals surface area contributed by atoms with Crippen molar-refractivity contribution in [2.75, 3.05) is 0 Å². The number of hydrogen-bond acceptors (Lipinski definition) is 0. The molecule has 0 spiro atoms. The smallest absolute Gasteiger partial charge is 0.0964 e. The first-order chi connectivity index (χ1) is 5.27. The van der Waals surface area contributed by atoms with Gasteiger partial charge in [0.1, 0.15) is 7.85 Å². The SMILES string of the molecule is [B]c1ccc(C2CC2)c(C)c1. The highest BCUT2D eigenvalue weighted by Crippen LogP contribution is 2.40. The van der Waals surface area contributed by atoms with E-state index < -0.39 is 0 Å². The predicted octanol–water partition coefficient (Wildman–Crippen LogP) is 1.67. The molecule has 1 aliphatic carbocycles. The molecular weight excluding hydrogens is 131 g/mol. The Balaban J connectivity index is 2.39. The largest absolute Gasteiger partial charge is 0.113 e. The average molecular weight is 142 g/mol. The zero-order valence-electron chi connectivity index (χ0n) is 6.80. The topological polar surface area (TPSA) is 0 Å². The predicted molar refractivity (Wildman–Crippen MR) is 48.5 cm³/mol. The quantitative estimate of drug-likeness (QED) is 0.523. The molecule has 1 saturated carbocycles. The summed E-state index contributed by atoms with van der Waals surface area (Å²) in [5.74, 6) is 0.843. The van der Waals surface area contributed by atoms with Gasteiger partial charge in [-0.1, -0.05) is 23.7 Å². The highest BCUT2D eigenvalue weighted by molar-refractivity contribution is 6.32. The van der Waals surface area contributed by atoms with Crippen LogP contribution in [0.1, 0.15) is 29.9 Å². The zero-order chi connectivity index (χ0) is 7.84. The molecular formula is C10H11B. The molecule has 0 nitrogen and oxygen atoms in total. The van der Waals surface area contributed by atoms with Gasteiger partial charge in [0.05, 0.1) is 0 Å². The maximum absolute atomic E-state index is 5.65. The minimum absolute atomic E-state index is 0.843. The molecule has 54 valence electrons. The molecule has 1 aliphatic rings. The van der Waals surface area contributed by atoms with Crippen molar-refractivity contribution in [2.24, 2.45) is 0 Å². The van der Waals surface area contributed by atoms with Gasteiger partial charge < -0.3 is 0 Å². The van der Waals surface area contributed by atoms with E-state index in [1.54, 1.807) is 0 Å². The molecule has 0 aliphatic heterocycles. The molecule has 0 heterocycles. The Morgan fingerprint density at radius 1 is 1.36 bits per heavy atom. The normalized spacial score (nSPS) is 16.8. The van der Waals surface area contributed by atoms with Crippen molar-refractivity contribution in [1.29, 1.82) is 0 Å². The maximum atomic E-state index is 5.65. The maximum Gasteiger partial charge on any atom is 0.113 e. The fourth-order valence-corrected chi connectivity index (χ4v) is 1.55. The van der Waals surface area contributed by atoms with Crippen LogP contribution in [0.4, 0.5) is 0 Å². The second kappa shape index (κ2) is 2.40. The summed E-state index contributed by atoms with van der Waals surface area (Å²) < 4.78 is 0. The molecule has 0 unspecified atom stereocenters. The lowest BCUT2D eigenvalue weighted by Gasteiger charge is -2.03. The van der Waals surface area contributed by atoms with Crippen LogP contribution in [0.15, 0.2) is 18.2 Å². The minimum atomic E-state index is 0.843. The van der Waals surface area contributed by atoms with E-state index in [0.717, 1.165) is 11.4 Å². The standard InChI is InChI=1S/C10H11B/c1-7-6-9(11)4-5-10(7)8-2-3-8/h4-6,8H,2-3H2,1H3. The Morgan fingerprint density at radius 3 is 2.64 bits per heavy atom. The Labute approximate surface area is 69.0 Å². The van der Waals surface area contributed by atoms with E-state index in [2.05, 4.69) is 19.1 Å². The van der Waals surface area contributed by atoms with Crippen LogP contribution in [0.3, 0.4) is 0 Å². The monoisotopic (exact) mass is 142 g/mol. The number of hydrogen-bond donors (Lipinski definition) is 0. The van der Waals surface area contributed by atoms with Gasteiger partial charge in [-0.25, -0.2) is 0 Å². The lowest BCUT2D eigenvalue weighted by atomic mass is 9.91. The molecule has 0 amide bonds. The average Bonchev–Trinajstić information content (AvgIpc) is 2.70. The molecule has 0 aromatic heterocycles. The van der Waals surface area contributed by atoms with Crippen molar-refractivity contribution in [2.45, 2.75) is 25.7 Å². The van der Waals surface area contributed by atoms with Crippen molar-refractivity contribution in [3.05, 3.63) is 29.3 Å². The first-order valence-electron chi connectivity index (χ1n) is 4.13. The van der Waals surface area contributed by atoms with E-state index in [9.17, 15) is 0 Å². The van der Waals surface area contributed by atoms with E-state index in [0.29, 0.717) is 0 Å². The van der Waals surface area contributed by atoms with Gasteiger partial charge >= 0.3 is 0 Å². The van der Waals surface area contributed by atoms with Crippen LogP contribution in [0.2, 0.25) is 0 Å². The van der Waals surface area contributed by atoms with Crippen LogP contribution >= 0.6 is 0 Å². The van der Waals surface area contributed by atoms with E-state index in [4.69, 9.17) is 7.85 Å². The van der Waals surface area contributed by atoms with Gasteiger partial charge in [-0.2, -0.15) is 0 Å². The summed E-state index contributed by atoms with van der Waals surface area (Å²) in [4.78, 5) is 0. The second-order valence-electron chi connectivity index (χ2n) is 3.39. The Kier molecular flexibility index (Phi) is 1.52. The summed E-state index contributed by atoms with van der Waals surface area (Å²) in [6.45, 7) is 2.14. The highest BCUT2D eigenvalue weighted by Gasteiger charge is 2.24. The van der Waals surface area contributed by atoms with Crippen LogP contribution in [0, 0.1) is 6.92 Å². The van der Waals surface area contributed by atoms with Crippen LogP contribution in [-0.2, 0) is 0 Å². The summed E-state index contributed by atoms with van der Waals surface area (Å²) in [6.07, 6.45) is 2.73. The molecule has 1 aromatic carbocycles. The third kappa shape index (κ3) is 1.32.